The van der Waals surface area contributed by atoms with E-state index in [1.54, 1.807) is 14.2 Å². The highest BCUT2D eigenvalue weighted by Gasteiger charge is 2.49. The summed E-state index contributed by atoms with van der Waals surface area (Å²) >= 11 is 0. The van der Waals surface area contributed by atoms with Crippen LogP contribution < -0.4 is 9.47 Å². The Morgan fingerprint density at radius 3 is 2.64 bits per heavy atom. The van der Waals surface area contributed by atoms with E-state index < -0.39 is 5.41 Å². The first-order valence-corrected chi connectivity index (χ1v) is 9.82. The van der Waals surface area contributed by atoms with Crippen molar-refractivity contribution < 1.29 is 19.1 Å². The highest BCUT2D eigenvalue weighted by molar-refractivity contribution is 5.86. The highest BCUT2D eigenvalue weighted by atomic mass is 16.5. The van der Waals surface area contributed by atoms with Crippen molar-refractivity contribution >= 4 is 11.8 Å². The molecular weight excluding hydrogens is 358 g/mol. The molecule has 2 heterocycles. The SMILES string of the molecule is COc1cccc(CN2CCCC3(CCN(C(=O)CN(C)C)C3)C2=O)c1OC. The van der Waals surface area contributed by atoms with Crippen LogP contribution in [0.1, 0.15) is 24.8 Å². The number of amides is 2. The van der Waals surface area contributed by atoms with Gasteiger partial charge in [0.1, 0.15) is 0 Å². The number of likely N-dealkylation sites (tertiary alicyclic amines) is 2. The number of carbonyl (C=O) groups excluding carboxylic acids is 2. The van der Waals surface area contributed by atoms with E-state index in [0.29, 0.717) is 37.7 Å². The van der Waals surface area contributed by atoms with Crippen molar-refractivity contribution in [3.8, 4) is 11.5 Å². The summed E-state index contributed by atoms with van der Waals surface area (Å²) in [6.45, 7) is 2.80. The first-order valence-electron chi connectivity index (χ1n) is 9.82. The number of hydrogen-bond donors (Lipinski definition) is 0. The number of hydrogen-bond acceptors (Lipinski definition) is 5. The second kappa shape index (κ2) is 8.39. The summed E-state index contributed by atoms with van der Waals surface area (Å²) in [7, 11) is 7.00. The van der Waals surface area contributed by atoms with Crippen molar-refractivity contribution in [2.45, 2.75) is 25.8 Å². The molecule has 2 fully saturated rings. The molecule has 2 amide bonds. The van der Waals surface area contributed by atoms with Gasteiger partial charge in [-0.3, -0.25) is 9.59 Å². The summed E-state index contributed by atoms with van der Waals surface area (Å²) in [5.74, 6) is 1.59. The molecule has 28 heavy (non-hydrogen) atoms. The number of likely N-dealkylation sites (N-methyl/N-ethyl adjacent to an activating group) is 1. The van der Waals surface area contributed by atoms with Gasteiger partial charge in [0, 0.05) is 31.7 Å². The average molecular weight is 389 g/mol. The number of rotatable bonds is 6. The van der Waals surface area contributed by atoms with Crippen LogP contribution in [0.2, 0.25) is 0 Å². The summed E-state index contributed by atoms with van der Waals surface area (Å²) in [4.78, 5) is 31.5. The van der Waals surface area contributed by atoms with Crippen LogP contribution in [0.15, 0.2) is 18.2 Å². The molecular formula is C21H31N3O4. The van der Waals surface area contributed by atoms with Crippen molar-refractivity contribution in [2.75, 3.05) is 54.5 Å². The van der Waals surface area contributed by atoms with Crippen LogP contribution in [-0.4, -0.2) is 81.0 Å². The largest absolute Gasteiger partial charge is 0.493 e. The molecule has 1 spiro atoms. The molecule has 7 heteroatoms. The summed E-state index contributed by atoms with van der Waals surface area (Å²) < 4.78 is 10.9. The van der Waals surface area contributed by atoms with Gasteiger partial charge in [-0.2, -0.15) is 0 Å². The standard InChI is InChI=1S/C21H31N3O4/c1-22(2)14-18(25)24-12-10-21(15-24)9-6-11-23(20(21)26)13-16-7-5-8-17(27-3)19(16)28-4/h5,7-8H,6,9-15H2,1-4H3. The molecule has 1 atom stereocenters. The number of carbonyl (C=O) groups is 2. The minimum absolute atomic E-state index is 0.0984. The second-order valence-corrected chi connectivity index (χ2v) is 8.07. The lowest BCUT2D eigenvalue weighted by atomic mass is 9.78. The van der Waals surface area contributed by atoms with E-state index in [1.165, 1.54) is 0 Å². The van der Waals surface area contributed by atoms with Crippen molar-refractivity contribution in [1.29, 1.82) is 0 Å². The van der Waals surface area contributed by atoms with Gasteiger partial charge in [-0.15, -0.1) is 0 Å². The predicted molar refractivity (Wildman–Crippen MR) is 106 cm³/mol. The third kappa shape index (κ3) is 3.94. The number of methoxy groups -OCH3 is 2. The van der Waals surface area contributed by atoms with Crippen LogP contribution in [0.5, 0.6) is 11.5 Å². The summed E-state index contributed by atoms with van der Waals surface area (Å²) in [6.07, 6.45) is 2.55. The van der Waals surface area contributed by atoms with E-state index in [1.807, 2.05) is 47.0 Å². The number of piperidine rings is 1. The van der Waals surface area contributed by atoms with Gasteiger partial charge < -0.3 is 24.2 Å². The van der Waals surface area contributed by atoms with Crippen LogP contribution in [0, 0.1) is 5.41 Å². The van der Waals surface area contributed by atoms with E-state index in [9.17, 15) is 9.59 Å². The summed E-state index contributed by atoms with van der Waals surface area (Å²) in [5.41, 5.74) is 0.498. The predicted octanol–water partition coefficient (Wildman–Crippen LogP) is 1.61. The molecule has 2 saturated heterocycles. The van der Waals surface area contributed by atoms with E-state index in [0.717, 1.165) is 31.4 Å². The molecule has 1 unspecified atom stereocenters. The Labute approximate surface area is 167 Å². The lowest BCUT2D eigenvalue weighted by Gasteiger charge is -2.39. The number of benzene rings is 1. The topological polar surface area (TPSA) is 62.3 Å². The van der Waals surface area contributed by atoms with Gasteiger partial charge >= 0.3 is 0 Å². The quantitative estimate of drug-likeness (QED) is 0.740. The molecule has 0 saturated carbocycles. The third-order valence-electron chi connectivity index (χ3n) is 5.83. The highest BCUT2D eigenvalue weighted by Crippen LogP contribution is 2.41. The number of nitrogens with zero attached hydrogens (tertiary/aromatic N) is 3. The monoisotopic (exact) mass is 389 g/mol. The van der Waals surface area contributed by atoms with Crippen molar-refractivity contribution in [3.63, 3.8) is 0 Å². The molecule has 3 rings (SSSR count). The fourth-order valence-corrected chi connectivity index (χ4v) is 4.42. The molecule has 0 N–H and O–H groups in total. The summed E-state index contributed by atoms with van der Waals surface area (Å²) in [5, 5.41) is 0. The van der Waals surface area contributed by atoms with Crippen molar-refractivity contribution in [3.05, 3.63) is 23.8 Å². The molecule has 154 valence electrons. The minimum Gasteiger partial charge on any atom is -0.493 e. The van der Waals surface area contributed by atoms with Gasteiger partial charge in [0.2, 0.25) is 11.8 Å². The van der Waals surface area contributed by atoms with Gasteiger partial charge in [-0.1, -0.05) is 12.1 Å². The smallest absolute Gasteiger partial charge is 0.236 e. The molecule has 2 aliphatic rings. The van der Waals surface area contributed by atoms with Crippen molar-refractivity contribution in [2.24, 2.45) is 5.41 Å². The van der Waals surface area contributed by atoms with Crippen LogP contribution in [0.3, 0.4) is 0 Å². The van der Waals surface area contributed by atoms with Gasteiger partial charge in [-0.25, -0.2) is 0 Å². The lowest BCUT2D eigenvalue weighted by Crippen LogP contribution is -2.50. The number of para-hydroxylation sites is 1. The molecule has 0 aromatic heterocycles. The Balaban J connectivity index is 1.74. The van der Waals surface area contributed by atoms with E-state index in [2.05, 4.69) is 0 Å². The normalized spacial score (nSPS) is 22.2. The zero-order valence-electron chi connectivity index (χ0n) is 17.4. The molecule has 2 aliphatic heterocycles. The Hall–Kier alpha value is -2.28. The van der Waals surface area contributed by atoms with E-state index in [4.69, 9.17) is 9.47 Å². The fraction of sp³-hybridized carbons (Fsp3) is 0.619. The maximum Gasteiger partial charge on any atom is 0.236 e. The van der Waals surface area contributed by atoms with E-state index in [-0.39, 0.29) is 11.8 Å². The zero-order chi connectivity index (χ0) is 20.3. The third-order valence-corrected chi connectivity index (χ3v) is 5.83. The minimum atomic E-state index is -0.438. The van der Waals surface area contributed by atoms with E-state index >= 15 is 0 Å². The van der Waals surface area contributed by atoms with Gasteiger partial charge in [0.05, 0.1) is 26.2 Å². The van der Waals surface area contributed by atoms with Crippen LogP contribution >= 0.6 is 0 Å². The second-order valence-electron chi connectivity index (χ2n) is 8.07. The Morgan fingerprint density at radius 1 is 1.18 bits per heavy atom. The summed E-state index contributed by atoms with van der Waals surface area (Å²) in [6, 6.07) is 5.74. The fourth-order valence-electron chi connectivity index (χ4n) is 4.42. The first kappa shape index (κ1) is 20.5. The molecule has 7 nitrogen and oxygen atoms in total. The van der Waals surface area contributed by atoms with Gasteiger partial charge in [0.25, 0.3) is 0 Å². The number of ether oxygens (including phenoxy) is 2. The van der Waals surface area contributed by atoms with Gasteiger partial charge in [0.15, 0.2) is 11.5 Å². The van der Waals surface area contributed by atoms with Crippen molar-refractivity contribution in [1.82, 2.24) is 14.7 Å². The molecule has 0 aliphatic carbocycles. The van der Waals surface area contributed by atoms with Crippen LogP contribution in [-0.2, 0) is 16.1 Å². The van der Waals surface area contributed by atoms with Crippen LogP contribution in [0.4, 0.5) is 0 Å². The maximum absolute atomic E-state index is 13.4. The molecule has 1 aromatic carbocycles. The lowest BCUT2D eigenvalue weighted by molar-refractivity contribution is -0.146. The molecule has 0 bridgehead atoms. The Kier molecular flexibility index (Phi) is 6.13. The average Bonchev–Trinajstić information content (AvgIpc) is 3.10. The Morgan fingerprint density at radius 2 is 1.96 bits per heavy atom. The Bertz CT molecular complexity index is 736. The molecule has 1 aromatic rings. The van der Waals surface area contributed by atoms with Crippen LogP contribution in [0.25, 0.3) is 0 Å². The molecule has 0 radical (unpaired) electrons. The van der Waals surface area contributed by atoms with Gasteiger partial charge in [-0.05, 0) is 39.4 Å². The zero-order valence-corrected chi connectivity index (χ0v) is 17.4. The maximum atomic E-state index is 13.4. The first-order chi connectivity index (χ1) is 13.4.